The fraction of sp³-hybridized carbons (Fsp3) is 0.395. The van der Waals surface area contributed by atoms with Crippen molar-refractivity contribution >= 4 is 46.6 Å². The highest BCUT2D eigenvalue weighted by Crippen LogP contribution is 2.44. The number of carboxylic acid groups (broad SMARTS) is 1. The van der Waals surface area contributed by atoms with Crippen molar-refractivity contribution in [2.24, 2.45) is 5.73 Å². The minimum atomic E-state index is -1.42. The molecule has 16 nitrogen and oxygen atoms in total. The zero-order valence-corrected chi connectivity index (χ0v) is 33.8. The van der Waals surface area contributed by atoms with Crippen LogP contribution in [0, 0.1) is 11.6 Å². The summed E-state index contributed by atoms with van der Waals surface area (Å²) >= 11 is 0. The third kappa shape index (κ3) is 10.1. The summed E-state index contributed by atoms with van der Waals surface area (Å²) in [6.07, 6.45) is 1.50. The lowest BCUT2D eigenvalue weighted by molar-refractivity contribution is -0.157. The number of hydrogen-bond acceptors (Lipinski definition) is 13. The molecule has 1 saturated heterocycles. The van der Waals surface area contributed by atoms with E-state index in [4.69, 9.17) is 29.4 Å². The molecule has 2 fully saturated rings. The van der Waals surface area contributed by atoms with E-state index in [2.05, 4.69) is 0 Å². The molecule has 6 rings (SSSR count). The Morgan fingerprint density at radius 2 is 1.62 bits per heavy atom. The van der Waals surface area contributed by atoms with Crippen molar-refractivity contribution in [1.29, 1.82) is 0 Å². The van der Waals surface area contributed by atoms with Crippen molar-refractivity contribution in [3.05, 3.63) is 93.8 Å². The molecule has 61 heavy (non-hydrogen) atoms. The van der Waals surface area contributed by atoms with E-state index >= 15 is 4.39 Å². The minimum Gasteiger partial charge on any atom is -0.492 e. The number of anilines is 1. The van der Waals surface area contributed by atoms with E-state index in [-0.39, 0.29) is 67.7 Å². The molecule has 0 spiro atoms. The number of methoxy groups -OCH3 is 1. The van der Waals surface area contributed by atoms with Gasteiger partial charge < -0.3 is 48.9 Å². The van der Waals surface area contributed by atoms with Gasteiger partial charge in [-0.05, 0) is 49.9 Å². The van der Waals surface area contributed by atoms with Crippen LogP contribution in [0.2, 0.25) is 0 Å². The number of amides is 1. The summed E-state index contributed by atoms with van der Waals surface area (Å²) in [7, 11) is 1.34. The number of aromatic nitrogens is 1. The Morgan fingerprint density at radius 3 is 2.26 bits per heavy atom. The number of benzene rings is 3. The number of carbonyl (C=O) groups excluding carboxylic acids is 4. The Balaban J connectivity index is 0.911. The topological polar surface area (TPSA) is 206 Å². The number of esters is 3. The molecule has 3 N–H and O–H groups in total. The zero-order chi connectivity index (χ0) is 44.0. The van der Waals surface area contributed by atoms with Crippen molar-refractivity contribution in [3.63, 3.8) is 0 Å². The maximum atomic E-state index is 15.8. The van der Waals surface area contributed by atoms with Gasteiger partial charge in [0.25, 0.3) is 0 Å². The molecule has 1 aromatic heterocycles. The molecule has 3 aromatic carbocycles. The van der Waals surface area contributed by atoms with E-state index < -0.39 is 83.8 Å². The summed E-state index contributed by atoms with van der Waals surface area (Å²) in [5.41, 5.74) is 6.41. The Kier molecular flexibility index (Phi) is 13.9. The first-order chi connectivity index (χ1) is 29.2. The summed E-state index contributed by atoms with van der Waals surface area (Å²) < 4.78 is 58.3. The molecule has 0 bridgehead atoms. The number of pyridine rings is 1. The van der Waals surface area contributed by atoms with Crippen LogP contribution in [0.4, 0.5) is 19.3 Å². The van der Waals surface area contributed by atoms with Crippen LogP contribution in [-0.2, 0) is 33.3 Å². The molecular weight excluding hydrogens is 802 g/mol. The third-order valence-corrected chi connectivity index (χ3v) is 10.6. The third-order valence-electron chi connectivity index (χ3n) is 10.6. The van der Waals surface area contributed by atoms with Crippen LogP contribution in [0.25, 0.3) is 22.0 Å². The summed E-state index contributed by atoms with van der Waals surface area (Å²) in [6.45, 7) is 2.58. The highest BCUT2D eigenvalue weighted by molar-refractivity contribution is 5.97. The van der Waals surface area contributed by atoms with Gasteiger partial charge in [0.15, 0.2) is 11.6 Å². The monoisotopic (exact) mass is 848 g/mol. The Labute approximate surface area is 348 Å². The predicted molar refractivity (Wildman–Crippen MR) is 215 cm³/mol. The molecule has 1 saturated carbocycles. The second kappa shape index (κ2) is 19.2. The standard InChI is InChI=1S/C43H46F2N4O12/c1-24-21-47(37-33(45)19-30-36(39(37)57-3)49(28-11-12-28)22-31(38(30)51)40(52)53)14-15-48(24)43(56)61-23-60-35(50)20-34(46)42(55)59-17-7-16-58-41(54)25(2)27-10-13-29(32(44)18-27)26-8-5-4-6-9-26/h4-6,8-10,13,18-19,22,24-25,28,34H,7,11-12,14-17,20-21,23,46H2,1-3H3,(H,52,53). The van der Waals surface area contributed by atoms with Gasteiger partial charge in [0.1, 0.15) is 23.1 Å². The van der Waals surface area contributed by atoms with Crippen molar-refractivity contribution < 1.29 is 61.5 Å². The van der Waals surface area contributed by atoms with Crippen LogP contribution in [0.3, 0.4) is 0 Å². The maximum absolute atomic E-state index is 15.8. The largest absolute Gasteiger partial charge is 0.492 e. The van der Waals surface area contributed by atoms with E-state index in [0.29, 0.717) is 16.7 Å². The van der Waals surface area contributed by atoms with Crippen molar-refractivity contribution in [2.75, 3.05) is 51.7 Å². The number of carbonyl (C=O) groups is 5. The second-order valence-electron chi connectivity index (χ2n) is 14.8. The van der Waals surface area contributed by atoms with Gasteiger partial charge in [-0.1, -0.05) is 42.5 Å². The average molecular weight is 849 g/mol. The summed E-state index contributed by atoms with van der Waals surface area (Å²) in [6, 6.07) is 12.6. The van der Waals surface area contributed by atoms with Gasteiger partial charge in [-0.2, -0.15) is 0 Å². The Bertz CT molecular complexity index is 2370. The lowest BCUT2D eigenvalue weighted by atomic mass is 9.97. The number of piperazine rings is 1. The first-order valence-electron chi connectivity index (χ1n) is 19.7. The van der Waals surface area contributed by atoms with Crippen LogP contribution in [0.5, 0.6) is 5.75 Å². The number of fused-ring (bicyclic) bond motifs is 1. The molecule has 3 atom stereocenters. The van der Waals surface area contributed by atoms with Gasteiger partial charge >= 0.3 is 30.0 Å². The fourth-order valence-electron chi connectivity index (χ4n) is 7.13. The lowest BCUT2D eigenvalue weighted by Crippen LogP contribution is -2.54. The molecule has 1 aliphatic carbocycles. The molecule has 0 radical (unpaired) electrons. The highest BCUT2D eigenvalue weighted by atomic mass is 19.1. The molecule has 3 unspecified atom stereocenters. The average Bonchev–Trinajstić information content (AvgIpc) is 4.09. The number of carboxylic acids is 1. The van der Waals surface area contributed by atoms with E-state index in [0.717, 1.165) is 18.9 Å². The number of halogens is 2. The number of ether oxygens (including phenoxy) is 5. The number of hydrogen-bond donors (Lipinski definition) is 2. The normalized spacial score (nSPS) is 16.1. The van der Waals surface area contributed by atoms with Crippen molar-refractivity contribution in [2.45, 2.75) is 63.6 Å². The van der Waals surface area contributed by atoms with E-state index in [9.17, 15) is 38.3 Å². The van der Waals surface area contributed by atoms with Crippen molar-refractivity contribution in [1.82, 2.24) is 9.47 Å². The number of aromatic carboxylic acids is 1. The second-order valence-corrected chi connectivity index (χ2v) is 14.8. The van der Waals surface area contributed by atoms with Gasteiger partial charge in [0.05, 0.1) is 43.6 Å². The number of nitrogens with zero attached hydrogens (tertiary/aromatic N) is 3. The maximum Gasteiger partial charge on any atom is 0.413 e. The first-order valence-corrected chi connectivity index (χ1v) is 19.7. The van der Waals surface area contributed by atoms with E-state index in [1.807, 2.05) is 6.07 Å². The predicted octanol–water partition coefficient (Wildman–Crippen LogP) is 5.13. The molecule has 18 heteroatoms. The fourth-order valence-corrected chi connectivity index (χ4v) is 7.13. The molecule has 2 aliphatic rings. The number of rotatable bonds is 16. The van der Waals surface area contributed by atoms with Gasteiger partial charge in [-0.25, -0.2) is 18.4 Å². The summed E-state index contributed by atoms with van der Waals surface area (Å²) in [5.74, 6) is -5.80. The van der Waals surface area contributed by atoms with E-state index in [1.54, 1.807) is 59.7 Å². The van der Waals surface area contributed by atoms with Gasteiger partial charge in [0, 0.05) is 49.9 Å². The number of nitrogens with two attached hydrogens (primary N) is 1. The van der Waals surface area contributed by atoms with E-state index in [1.165, 1.54) is 24.3 Å². The van der Waals surface area contributed by atoms with Gasteiger partial charge in [-0.3, -0.25) is 19.2 Å². The molecule has 324 valence electrons. The first kappa shape index (κ1) is 44.0. The highest BCUT2D eigenvalue weighted by Gasteiger charge is 2.35. The minimum absolute atomic E-state index is 0.0596. The van der Waals surface area contributed by atoms with Crippen LogP contribution < -0.4 is 20.8 Å². The molecular formula is C43H46F2N4O12. The van der Waals surface area contributed by atoms with Crippen LogP contribution >= 0.6 is 0 Å². The quantitative estimate of drug-likeness (QED) is 0.0649. The SMILES string of the molecule is COc1c(N2CCN(C(=O)OCOC(=O)CC(N)C(=O)OCCCOC(=O)C(C)c3ccc(-c4ccccc4)c(F)c3)C(C)C2)c(F)cc2c(=O)c(C(=O)O)cn(C3CC3)c12. The van der Waals surface area contributed by atoms with Gasteiger partial charge in [0.2, 0.25) is 12.2 Å². The smallest absolute Gasteiger partial charge is 0.413 e. The molecule has 1 aliphatic heterocycles. The Morgan fingerprint density at radius 1 is 0.918 bits per heavy atom. The van der Waals surface area contributed by atoms with Crippen LogP contribution in [-0.4, -0.2) is 103 Å². The summed E-state index contributed by atoms with van der Waals surface area (Å²) in [5, 5.41) is 9.49. The zero-order valence-electron chi connectivity index (χ0n) is 33.8. The lowest BCUT2D eigenvalue weighted by Gasteiger charge is -2.40. The molecule has 2 heterocycles. The Hall–Kier alpha value is -6.56. The van der Waals surface area contributed by atoms with Gasteiger partial charge in [-0.15, -0.1) is 0 Å². The van der Waals surface area contributed by atoms with Crippen LogP contribution in [0.1, 0.15) is 67.4 Å². The van der Waals surface area contributed by atoms with Crippen LogP contribution in [0.15, 0.2) is 65.6 Å². The molecule has 4 aromatic rings. The van der Waals surface area contributed by atoms with Crippen molar-refractivity contribution in [3.8, 4) is 16.9 Å². The molecule has 1 amide bonds. The summed E-state index contributed by atoms with van der Waals surface area (Å²) in [4.78, 5) is 78.1.